The molecule has 0 spiro atoms. The molecular formula is C13H16O3. The quantitative estimate of drug-likeness (QED) is 0.734. The minimum atomic E-state index is 0.0764. The molecule has 0 aromatic heterocycles. The van der Waals surface area contributed by atoms with Crippen LogP contribution in [0.1, 0.15) is 30.1 Å². The third kappa shape index (κ3) is 2.83. The number of ketones is 1. The summed E-state index contributed by atoms with van der Waals surface area (Å²) in [6, 6.07) is 7.26. The molecule has 1 atom stereocenters. The van der Waals surface area contributed by atoms with Crippen molar-refractivity contribution >= 4 is 5.78 Å². The van der Waals surface area contributed by atoms with Crippen LogP contribution in [0.2, 0.25) is 0 Å². The highest BCUT2D eigenvalue weighted by Gasteiger charge is 2.15. The van der Waals surface area contributed by atoms with Crippen molar-refractivity contribution in [1.29, 1.82) is 0 Å². The first-order chi connectivity index (χ1) is 7.75. The van der Waals surface area contributed by atoms with Gasteiger partial charge in [-0.3, -0.25) is 4.79 Å². The van der Waals surface area contributed by atoms with Gasteiger partial charge < -0.3 is 9.47 Å². The van der Waals surface area contributed by atoms with E-state index >= 15 is 0 Å². The summed E-state index contributed by atoms with van der Waals surface area (Å²) in [5.74, 6) is 0.882. The van der Waals surface area contributed by atoms with E-state index in [0.717, 1.165) is 25.2 Å². The molecule has 0 N–H and O–H groups in total. The van der Waals surface area contributed by atoms with E-state index in [1.54, 1.807) is 19.1 Å². The van der Waals surface area contributed by atoms with Crippen LogP contribution in [0.25, 0.3) is 0 Å². The van der Waals surface area contributed by atoms with E-state index in [-0.39, 0.29) is 11.9 Å². The molecule has 0 saturated carbocycles. The van der Waals surface area contributed by atoms with Gasteiger partial charge in [0.1, 0.15) is 11.9 Å². The Morgan fingerprint density at radius 2 is 2.12 bits per heavy atom. The largest absolute Gasteiger partial charge is 0.488 e. The van der Waals surface area contributed by atoms with Gasteiger partial charge >= 0.3 is 0 Å². The topological polar surface area (TPSA) is 35.5 Å². The van der Waals surface area contributed by atoms with Crippen molar-refractivity contribution in [3.05, 3.63) is 29.8 Å². The molecule has 3 nitrogen and oxygen atoms in total. The van der Waals surface area contributed by atoms with Gasteiger partial charge in [-0.15, -0.1) is 0 Å². The van der Waals surface area contributed by atoms with E-state index in [0.29, 0.717) is 12.2 Å². The minimum absolute atomic E-state index is 0.0764. The molecular weight excluding hydrogens is 204 g/mol. The van der Waals surface area contributed by atoms with Gasteiger partial charge in [-0.1, -0.05) is 0 Å². The number of hydrogen-bond acceptors (Lipinski definition) is 3. The van der Waals surface area contributed by atoms with Crippen molar-refractivity contribution in [2.75, 3.05) is 13.2 Å². The first kappa shape index (κ1) is 11.1. The Morgan fingerprint density at radius 1 is 1.38 bits per heavy atom. The Balaban J connectivity index is 1.96. The summed E-state index contributed by atoms with van der Waals surface area (Å²) in [5, 5.41) is 0. The molecule has 0 aliphatic carbocycles. The monoisotopic (exact) mass is 220 g/mol. The summed E-state index contributed by atoms with van der Waals surface area (Å²) in [4.78, 5) is 11.1. The maximum Gasteiger partial charge on any atom is 0.159 e. The van der Waals surface area contributed by atoms with Crippen molar-refractivity contribution in [3.63, 3.8) is 0 Å². The Morgan fingerprint density at radius 3 is 2.69 bits per heavy atom. The number of hydrogen-bond donors (Lipinski definition) is 0. The fourth-order valence-electron chi connectivity index (χ4n) is 1.76. The maximum atomic E-state index is 11.1. The van der Waals surface area contributed by atoms with E-state index in [2.05, 4.69) is 0 Å². The predicted octanol–water partition coefficient (Wildman–Crippen LogP) is 2.45. The van der Waals surface area contributed by atoms with E-state index in [9.17, 15) is 4.79 Å². The lowest BCUT2D eigenvalue weighted by atomic mass is 10.1. The van der Waals surface area contributed by atoms with E-state index in [1.165, 1.54) is 0 Å². The number of carbonyl (C=O) groups excluding carboxylic acids is 1. The summed E-state index contributed by atoms with van der Waals surface area (Å²) >= 11 is 0. The second-order valence-electron chi connectivity index (χ2n) is 4.04. The van der Waals surface area contributed by atoms with Gasteiger partial charge in [-0.2, -0.15) is 0 Å². The average Bonchev–Trinajstić information content (AvgIpc) is 2.31. The summed E-state index contributed by atoms with van der Waals surface area (Å²) in [6.45, 7) is 3.06. The van der Waals surface area contributed by atoms with Crippen LogP contribution in [0.15, 0.2) is 24.3 Å². The molecule has 1 unspecified atom stereocenters. The number of ether oxygens (including phenoxy) is 2. The molecule has 1 aliphatic rings. The molecule has 1 aromatic carbocycles. The average molecular weight is 220 g/mol. The summed E-state index contributed by atoms with van der Waals surface area (Å²) in [5.41, 5.74) is 0.715. The normalized spacial score (nSPS) is 20.4. The lowest BCUT2D eigenvalue weighted by Gasteiger charge is -2.23. The highest BCUT2D eigenvalue weighted by atomic mass is 16.5. The van der Waals surface area contributed by atoms with Crippen molar-refractivity contribution in [2.45, 2.75) is 25.9 Å². The number of benzene rings is 1. The second kappa shape index (κ2) is 5.12. The number of Topliss-reactive ketones (excluding diaryl/α,β-unsaturated/α-hetero) is 1. The third-order valence-corrected chi connectivity index (χ3v) is 2.68. The van der Waals surface area contributed by atoms with E-state index < -0.39 is 0 Å². The van der Waals surface area contributed by atoms with Gasteiger partial charge in [0, 0.05) is 12.2 Å². The summed E-state index contributed by atoms with van der Waals surface area (Å²) < 4.78 is 11.1. The molecule has 0 bridgehead atoms. The van der Waals surface area contributed by atoms with Crippen molar-refractivity contribution in [1.82, 2.24) is 0 Å². The van der Waals surface area contributed by atoms with Crippen LogP contribution >= 0.6 is 0 Å². The first-order valence-electron chi connectivity index (χ1n) is 5.61. The molecule has 1 fully saturated rings. The first-order valence-corrected chi connectivity index (χ1v) is 5.61. The molecule has 1 heterocycles. The molecule has 2 rings (SSSR count). The van der Waals surface area contributed by atoms with Crippen molar-refractivity contribution in [2.24, 2.45) is 0 Å². The molecule has 1 aliphatic heterocycles. The molecule has 86 valence electrons. The van der Waals surface area contributed by atoms with Gasteiger partial charge in [-0.05, 0) is 44.0 Å². The zero-order valence-corrected chi connectivity index (χ0v) is 9.44. The maximum absolute atomic E-state index is 11.1. The fourth-order valence-corrected chi connectivity index (χ4v) is 1.76. The van der Waals surface area contributed by atoms with Crippen molar-refractivity contribution in [3.8, 4) is 5.75 Å². The van der Waals surface area contributed by atoms with Crippen LogP contribution in [-0.4, -0.2) is 25.1 Å². The van der Waals surface area contributed by atoms with Crippen LogP contribution in [0.3, 0.4) is 0 Å². The molecule has 0 amide bonds. The molecule has 0 radical (unpaired) electrons. The zero-order valence-electron chi connectivity index (χ0n) is 9.44. The molecule has 1 aromatic rings. The molecule has 16 heavy (non-hydrogen) atoms. The number of carbonyl (C=O) groups is 1. The predicted molar refractivity (Wildman–Crippen MR) is 60.9 cm³/mol. The van der Waals surface area contributed by atoms with Crippen LogP contribution < -0.4 is 4.74 Å². The minimum Gasteiger partial charge on any atom is -0.488 e. The third-order valence-electron chi connectivity index (χ3n) is 2.68. The smallest absolute Gasteiger partial charge is 0.159 e. The Hall–Kier alpha value is -1.35. The van der Waals surface area contributed by atoms with Gasteiger partial charge in [-0.25, -0.2) is 0 Å². The standard InChI is InChI=1S/C13H16O3/c1-10(14)11-4-6-12(7-5-11)16-13-3-2-8-15-9-13/h4-7,13H,2-3,8-9H2,1H3. The molecule has 1 saturated heterocycles. The Kier molecular flexibility index (Phi) is 3.57. The van der Waals surface area contributed by atoms with Crippen LogP contribution in [0.4, 0.5) is 0 Å². The zero-order chi connectivity index (χ0) is 11.4. The van der Waals surface area contributed by atoms with Crippen LogP contribution in [0.5, 0.6) is 5.75 Å². The van der Waals surface area contributed by atoms with E-state index in [1.807, 2.05) is 12.1 Å². The lowest BCUT2D eigenvalue weighted by molar-refractivity contribution is 0.00743. The Bertz CT molecular complexity index is 350. The van der Waals surface area contributed by atoms with Crippen molar-refractivity contribution < 1.29 is 14.3 Å². The summed E-state index contributed by atoms with van der Waals surface area (Å²) in [7, 11) is 0. The SMILES string of the molecule is CC(=O)c1ccc(OC2CCCOC2)cc1. The fraction of sp³-hybridized carbons (Fsp3) is 0.462. The van der Waals surface area contributed by atoms with Gasteiger partial charge in [0.15, 0.2) is 5.78 Å². The van der Waals surface area contributed by atoms with Crippen LogP contribution in [-0.2, 0) is 4.74 Å². The van der Waals surface area contributed by atoms with Gasteiger partial charge in [0.05, 0.1) is 6.61 Å². The summed E-state index contributed by atoms with van der Waals surface area (Å²) in [6.07, 6.45) is 2.24. The van der Waals surface area contributed by atoms with Crippen LogP contribution in [0, 0.1) is 0 Å². The lowest BCUT2D eigenvalue weighted by Crippen LogP contribution is -2.27. The molecule has 3 heteroatoms. The highest BCUT2D eigenvalue weighted by molar-refractivity contribution is 5.94. The van der Waals surface area contributed by atoms with Gasteiger partial charge in [0.2, 0.25) is 0 Å². The number of rotatable bonds is 3. The Labute approximate surface area is 95.4 Å². The second-order valence-corrected chi connectivity index (χ2v) is 4.04. The highest BCUT2D eigenvalue weighted by Crippen LogP contribution is 2.18. The van der Waals surface area contributed by atoms with E-state index in [4.69, 9.17) is 9.47 Å². The van der Waals surface area contributed by atoms with Gasteiger partial charge in [0.25, 0.3) is 0 Å².